The van der Waals surface area contributed by atoms with E-state index in [-0.39, 0.29) is 17.1 Å². The zero-order valence-corrected chi connectivity index (χ0v) is 21.8. The topological polar surface area (TPSA) is 96.2 Å². The second-order valence-corrected chi connectivity index (χ2v) is 9.20. The molecule has 0 aliphatic heterocycles. The number of aromatic carboxylic acids is 1. The van der Waals surface area contributed by atoms with E-state index in [1.54, 1.807) is 0 Å². The van der Waals surface area contributed by atoms with Crippen molar-refractivity contribution in [3.05, 3.63) is 11.1 Å². The summed E-state index contributed by atoms with van der Waals surface area (Å²) in [5.74, 6) is -2.14. The predicted octanol–water partition coefficient (Wildman–Crippen LogP) is 8.01. The van der Waals surface area contributed by atoms with Crippen LogP contribution >= 0.6 is 0 Å². The summed E-state index contributed by atoms with van der Waals surface area (Å²) in [5, 5.41) is 30.7. The molecule has 0 saturated heterocycles. The van der Waals surface area contributed by atoms with Crippen LogP contribution in [0.1, 0.15) is 133 Å². The van der Waals surface area contributed by atoms with Gasteiger partial charge in [0.25, 0.3) is 0 Å². The maximum Gasteiger partial charge on any atom is 0.340 e. The number of benzene rings is 1. The van der Waals surface area contributed by atoms with Crippen LogP contribution in [-0.2, 0) is 6.42 Å². The molecule has 0 unspecified atom stereocenters. The SMILES string of the molecule is CCCCCCCCCOc1c(O)c(O)c(C(=O)O)c(CCC)c1OCCCCCCCCC. The maximum atomic E-state index is 11.9. The maximum absolute atomic E-state index is 11.9. The second-order valence-electron chi connectivity index (χ2n) is 9.20. The Kier molecular flexibility index (Phi) is 16.1. The molecule has 0 aromatic heterocycles. The van der Waals surface area contributed by atoms with Crippen molar-refractivity contribution in [1.82, 2.24) is 0 Å². The molecule has 0 fully saturated rings. The fourth-order valence-corrected chi connectivity index (χ4v) is 4.20. The molecule has 0 aliphatic rings. The number of aromatic hydroxyl groups is 2. The Bertz CT molecular complexity index is 701. The highest BCUT2D eigenvalue weighted by Gasteiger charge is 2.29. The number of hydrogen-bond acceptors (Lipinski definition) is 5. The Labute approximate surface area is 206 Å². The van der Waals surface area contributed by atoms with Crippen LogP contribution in [0.5, 0.6) is 23.0 Å². The number of carboxylic acid groups (broad SMARTS) is 1. The number of phenolic OH excluding ortho intramolecular Hbond substituents is 1. The number of phenols is 2. The minimum absolute atomic E-state index is 0.0693. The Hall–Kier alpha value is -2.11. The molecule has 0 radical (unpaired) electrons. The molecule has 196 valence electrons. The molecule has 1 aromatic rings. The molecule has 0 spiro atoms. The van der Waals surface area contributed by atoms with Crippen LogP contribution in [0.3, 0.4) is 0 Å². The number of carboxylic acids is 1. The quantitative estimate of drug-likeness (QED) is 0.122. The molecule has 6 heteroatoms. The lowest BCUT2D eigenvalue weighted by Gasteiger charge is -2.20. The van der Waals surface area contributed by atoms with Gasteiger partial charge >= 0.3 is 5.97 Å². The van der Waals surface area contributed by atoms with E-state index in [0.29, 0.717) is 31.6 Å². The van der Waals surface area contributed by atoms with Crippen LogP contribution in [-0.4, -0.2) is 34.5 Å². The van der Waals surface area contributed by atoms with E-state index in [1.165, 1.54) is 51.4 Å². The molecule has 1 rings (SSSR count). The third-order valence-electron chi connectivity index (χ3n) is 6.16. The minimum atomic E-state index is -1.28. The van der Waals surface area contributed by atoms with Gasteiger partial charge < -0.3 is 24.8 Å². The number of hydrogen-bond donors (Lipinski definition) is 3. The fraction of sp³-hybridized carbons (Fsp3) is 0.750. The van der Waals surface area contributed by atoms with E-state index >= 15 is 0 Å². The molecule has 6 nitrogen and oxygen atoms in total. The molecule has 34 heavy (non-hydrogen) atoms. The number of ether oxygens (including phenoxy) is 2. The Morgan fingerprint density at radius 3 is 1.50 bits per heavy atom. The number of rotatable bonds is 21. The zero-order valence-electron chi connectivity index (χ0n) is 21.8. The minimum Gasteiger partial charge on any atom is -0.504 e. The smallest absolute Gasteiger partial charge is 0.340 e. The van der Waals surface area contributed by atoms with Crippen LogP contribution in [0.2, 0.25) is 0 Å². The van der Waals surface area contributed by atoms with E-state index in [4.69, 9.17) is 9.47 Å². The summed E-state index contributed by atoms with van der Waals surface area (Å²) in [6.45, 7) is 7.14. The lowest BCUT2D eigenvalue weighted by atomic mass is 9.99. The van der Waals surface area contributed by atoms with Gasteiger partial charge in [0.2, 0.25) is 11.5 Å². The highest BCUT2D eigenvalue weighted by Crippen LogP contribution is 2.49. The summed E-state index contributed by atoms with van der Waals surface area (Å²) in [4.78, 5) is 11.9. The van der Waals surface area contributed by atoms with Gasteiger partial charge in [-0.15, -0.1) is 0 Å². The van der Waals surface area contributed by atoms with Gasteiger partial charge in [-0.1, -0.05) is 104 Å². The molecule has 0 aliphatic carbocycles. The number of carbonyl (C=O) groups is 1. The van der Waals surface area contributed by atoms with Crippen molar-refractivity contribution in [3.63, 3.8) is 0 Å². The first-order chi connectivity index (χ1) is 16.5. The van der Waals surface area contributed by atoms with Gasteiger partial charge in [-0.05, 0) is 19.3 Å². The van der Waals surface area contributed by atoms with E-state index in [2.05, 4.69) is 13.8 Å². The summed E-state index contributed by atoms with van der Waals surface area (Å²) in [6, 6.07) is 0. The van der Waals surface area contributed by atoms with Crippen molar-refractivity contribution in [3.8, 4) is 23.0 Å². The lowest BCUT2D eigenvalue weighted by Crippen LogP contribution is -2.11. The molecule has 0 atom stereocenters. The molecule has 0 bridgehead atoms. The van der Waals surface area contributed by atoms with Crippen LogP contribution in [0, 0.1) is 0 Å². The van der Waals surface area contributed by atoms with Gasteiger partial charge in [-0.25, -0.2) is 4.79 Å². The molecular weight excluding hydrogens is 432 g/mol. The van der Waals surface area contributed by atoms with E-state index in [9.17, 15) is 20.1 Å². The first kappa shape index (κ1) is 29.9. The first-order valence-corrected chi connectivity index (χ1v) is 13.6. The second kappa shape index (κ2) is 18.2. The standard InChI is InChI=1S/C28H48O6/c1-4-7-9-11-13-15-17-20-33-26-22(19-6-3)23(28(31)32)24(29)25(30)27(26)34-21-18-16-14-12-10-8-5-2/h29-30H,4-21H2,1-3H3,(H,31,32). The summed E-state index contributed by atoms with van der Waals surface area (Å²) >= 11 is 0. The van der Waals surface area contributed by atoms with Crippen molar-refractivity contribution in [2.45, 2.75) is 124 Å². The van der Waals surface area contributed by atoms with Crippen molar-refractivity contribution < 1.29 is 29.6 Å². The Balaban J connectivity index is 2.87. The fourth-order valence-electron chi connectivity index (χ4n) is 4.20. The zero-order chi connectivity index (χ0) is 25.2. The largest absolute Gasteiger partial charge is 0.504 e. The van der Waals surface area contributed by atoms with Crippen LogP contribution in [0.25, 0.3) is 0 Å². The van der Waals surface area contributed by atoms with Crippen molar-refractivity contribution in [1.29, 1.82) is 0 Å². The normalized spacial score (nSPS) is 11.0. The van der Waals surface area contributed by atoms with Gasteiger partial charge in [0, 0.05) is 5.56 Å². The average Bonchev–Trinajstić information content (AvgIpc) is 2.81. The van der Waals surface area contributed by atoms with Crippen molar-refractivity contribution >= 4 is 5.97 Å². The third kappa shape index (κ3) is 10.4. The van der Waals surface area contributed by atoms with Gasteiger partial charge in [0.15, 0.2) is 11.5 Å². The molecule has 0 heterocycles. The van der Waals surface area contributed by atoms with E-state index < -0.39 is 17.5 Å². The molecule has 0 saturated carbocycles. The summed E-state index contributed by atoms with van der Waals surface area (Å²) in [5.41, 5.74) is 0.0972. The van der Waals surface area contributed by atoms with Crippen LogP contribution < -0.4 is 9.47 Å². The molecule has 1 aromatic carbocycles. The lowest BCUT2D eigenvalue weighted by molar-refractivity contribution is 0.0690. The Morgan fingerprint density at radius 2 is 1.06 bits per heavy atom. The first-order valence-electron chi connectivity index (χ1n) is 13.6. The monoisotopic (exact) mass is 480 g/mol. The van der Waals surface area contributed by atoms with Gasteiger partial charge in [-0.2, -0.15) is 0 Å². The van der Waals surface area contributed by atoms with Crippen LogP contribution in [0.4, 0.5) is 0 Å². The summed E-state index contributed by atoms with van der Waals surface area (Å²) in [7, 11) is 0. The average molecular weight is 481 g/mol. The predicted molar refractivity (Wildman–Crippen MR) is 138 cm³/mol. The highest BCUT2D eigenvalue weighted by atomic mass is 16.5. The van der Waals surface area contributed by atoms with E-state index in [0.717, 1.165) is 38.5 Å². The van der Waals surface area contributed by atoms with Crippen molar-refractivity contribution in [2.75, 3.05) is 13.2 Å². The molecule has 3 N–H and O–H groups in total. The highest BCUT2D eigenvalue weighted by molar-refractivity contribution is 5.96. The molecular formula is C28H48O6. The summed E-state index contributed by atoms with van der Waals surface area (Å²) in [6.07, 6.45) is 17.0. The van der Waals surface area contributed by atoms with Gasteiger partial charge in [-0.3, -0.25) is 0 Å². The number of unbranched alkanes of at least 4 members (excludes halogenated alkanes) is 12. The van der Waals surface area contributed by atoms with E-state index in [1.807, 2.05) is 6.92 Å². The van der Waals surface area contributed by atoms with Gasteiger partial charge in [0.05, 0.1) is 13.2 Å². The summed E-state index contributed by atoms with van der Waals surface area (Å²) < 4.78 is 11.9. The molecule has 0 amide bonds. The van der Waals surface area contributed by atoms with Gasteiger partial charge in [0.1, 0.15) is 5.56 Å². The van der Waals surface area contributed by atoms with Crippen molar-refractivity contribution in [2.24, 2.45) is 0 Å². The third-order valence-corrected chi connectivity index (χ3v) is 6.16. The Morgan fingerprint density at radius 1 is 0.618 bits per heavy atom. The van der Waals surface area contributed by atoms with Crippen LogP contribution in [0.15, 0.2) is 0 Å².